The zero-order valence-corrected chi connectivity index (χ0v) is 17.8. The molecule has 0 bridgehead atoms. The number of nitrogens with zero attached hydrogens (tertiary/aromatic N) is 2. The summed E-state index contributed by atoms with van der Waals surface area (Å²) in [5.41, 5.74) is 1.51. The third-order valence-electron chi connectivity index (χ3n) is 5.60. The number of rotatable bonds is 5. The van der Waals surface area contributed by atoms with Crippen molar-refractivity contribution in [1.29, 1.82) is 0 Å². The van der Waals surface area contributed by atoms with Crippen molar-refractivity contribution in [3.8, 4) is 5.75 Å². The zero-order valence-electron chi connectivity index (χ0n) is 17.8. The molecule has 0 unspecified atom stereocenters. The largest absolute Gasteiger partial charge is 0.427 e. The van der Waals surface area contributed by atoms with Gasteiger partial charge in [-0.2, -0.15) is 4.68 Å². The summed E-state index contributed by atoms with van der Waals surface area (Å²) < 4.78 is 20.1. The van der Waals surface area contributed by atoms with E-state index in [0.717, 1.165) is 25.7 Å². The molecule has 1 amide bonds. The molecule has 0 atom stereocenters. The standard InChI is InChI=1S/C24H25FN4O3/c1-16(30)32-20-12-8-18(9-13-20)17-6-10-19(11-7-17)26-24(31)29-15-14-23(28-29)27-22-5-3-2-4-21(22)25/h2-5,8-9,12-15,17,19H,6-7,10-11H2,1H3,(H,26,31)(H,27,28). The molecule has 1 saturated carbocycles. The Morgan fingerprint density at radius 3 is 2.44 bits per heavy atom. The second-order valence-corrected chi connectivity index (χ2v) is 7.91. The van der Waals surface area contributed by atoms with Gasteiger partial charge in [-0.3, -0.25) is 4.79 Å². The number of benzene rings is 2. The van der Waals surface area contributed by atoms with Crippen LogP contribution in [0.4, 0.5) is 20.7 Å². The normalized spacial score (nSPS) is 18.1. The minimum atomic E-state index is -0.385. The van der Waals surface area contributed by atoms with Gasteiger partial charge in [0.2, 0.25) is 0 Å². The van der Waals surface area contributed by atoms with Crippen LogP contribution in [-0.4, -0.2) is 27.8 Å². The fraction of sp³-hybridized carbons (Fsp3) is 0.292. The van der Waals surface area contributed by atoms with Crippen molar-refractivity contribution in [2.24, 2.45) is 0 Å². The van der Waals surface area contributed by atoms with Crippen LogP contribution in [0.25, 0.3) is 0 Å². The average molecular weight is 436 g/mol. The molecule has 0 saturated heterocycles. The van der Waals surface area contributed by atoms with E-state index in [9.17, 15) is 14.0 Å². The summed E-state index contributed by atoms with van der Waals surface area (Å²) in [6, 6.07) is 15.3. The second-order valence-electron chi connectivity index (χ2n) is 7.91. The van der Waals surface area contributed by atoms with Crippen LogP contribution in [0.5, 0.6) is 5.75 Å². The highest BCUT2D eigenvalue weighted by atomic mass is 19.1. The lowest BCUT2D eigenvalue weighted by molar-refractivity contribution is -0.131. The Bertz CT molecular complexity index is 1090. The van der Waals surface area contributed by atoms with E-state index in [1.165, 1.54) is 23.2 Å². The van der Waals surface area contributed by atoms with Gasteiger partial charge in [-0.05, 0) is 61.4 Å². The van der Waals surface area contributed by atoms with Crippen molar-refractivity contribution < 1.29 is 18.7 Å². The number of carbonyl (C=O) groups excluding carboxylic acids is 2. The number of hydrogen-bond acceptors (Lipinski definition) is 5. The van der Waals surface area contributed by atoms with Crippen LogP contribution in [0, 0.1) is 5.82 Å². The highest BCUT2D eigenvalue weighted by Gasteiger charge is 2.24. The Hall–Kier alpha value is -3.68. The van der Waals surface area contributed by atoms with Gasteiger partial charge in [0.1, 0.15) is 11.6 Å². The van der Waals surface area contributed by atoms with E-state index in [4.69, 9.17) is 4.74 Å². The number of para-hydroxylation sites is 1. The van der Waals surface area contributed by atoms with Crippen LogP contribution >= 0.6 is 0 Å². The zero-order chi connectivity index (χ0) is 22.5. The second kappa shape index (κ2) is 9.64. The van der Waals surface area contributed by atoms with Gasteiger partial charge in [0.05, 0.1) is 5.69 Å². The summed E-state index contributed by atoms with van der Waals surface area (Å²) >= 11 is 0. The average Bonchev–Trinajstić information content (AvgIpc) is 3.25. The van der Waals surface area contributed by atoms with Gasteiger partial charge < -0.3 is 15.4 Å². The van der Waals surface area contributed by atoms with E-state index in [1.54, 1.807) is 30.5 Å². The van der Waals surface area contributed by atoms with Crippen molar-refractivity contribution in [1.82, 2.24) is 15.1 Å². The molecule has 4 rings (SSSR count). The predicted molar refractivity (Wildman–Crippen MR) is 119 cm³/mol. The third-order valence-corrected chi connectivity index (χ3v) is 5.60. The molecule has 32 heavy (non-hydrogen) atoms. The SMILES string of the molecule is CC(=O)Oc1ccc(C2CCC(NC(=O)n3ccc(Nc4ccccc4F)n3)CC2)cc1. The molecule has 8 heteroatoms. The molecule has 0 radical (unpaired) electrons. The van der Waals surface area contributed by atoms with Crippen LogP contribution in [0.15, 0.2) is 60.8 Å². The first-order chi connectivity index (χ1) is 15.5. The number of carbonyl (C=O) groups is 2. The van der Waals surface area contributed by atoms with Crippen LogP contribution in [0.2, 0.25) is 0 Å². The number of esters is 1. The van der Waals surface area contributed by atoms with Gasteiger partial charge in [0.15, 0.2) is 5.82 Å². The summed E-state index contributed by atoms with van der Waals surface area (Å²) in [4.78, 5) is 23.6. The first-order valence-corrected chi connectivity index (χ1v) is 10.6. The van der Waals surface area contributed by atoms with E-state index in [-0.39, 0.29) is 23.9 Å². The highest BCUT2D eigenvalue weighted by molar-refractivity contribution is 5.76. The van der Waals surface area contributed by atoms with Crippen LogP contribution < -0.4 is 15.4 Å². The molecule has 7 nitrogen and oxygen atoms in total. The summed E-state index contributed by atoms with van der Waals surface area (Å²) in [6.07, 6.45) is 5.19. The van der Waals surface area contributed by atoms with E-state index in [1.807, 2.05) is 24.3 Å². The number of hydrogen-bond donors (Lipinski definition) is 2. The van der Waals surface area contributed by atoms with Gasteiger partial charge in [-0.1, -0.05) is 24.3 Å². The van der Waals surface area contributed by atoms with E-state index >= 15 is 0 Å². The number of aromatic nitrogens is 2. The number of ether oxygens (including phenoxy) is 1. The van der Waals surface area contributed by atoms with Crippen LogP contribution in [-0.2, 0) is 4.79 Å². The van der Waals surface area contributed by atoms with Gasteiger partial charge in [-0.15, -0.1) is 5.10 Å². The van der Waals surface area contributed by atoms with Crippen LogP contribution in [0.1, 0.15) is 44.1 Å². The summed E-state index contributed by atoms with van der Waals surface area (Å²) in [5.74, 6) is 0.637. The molecule has 1 aromatic heterocycles. The highest BCUT2D eigenvalue weighted by Crippen LogP contribution is 2.33. The van der Waals surface area contributed by atoms with Gasteiger partial charge in [0, 0.05) is 25.2 Å². The summed E-state index contributed by atoms with van der Waals surface area (Å²) in [6.45, 7) is 1.38. The van der Waals surface area contributed by atoms with Gasteiger partial charge in [0.25, 0.3) is 0 Å². The monoisotopic (exact) mass is 436 g/mol. The minimum absolute atomic E-state index is 0.0752. The first kappa shape index (κ1) is 21.5. The molecule has 0 spiro atoms. The number of amides is 1. The van der Waals surface area contributed by atoms with Gasteiger partial charge in [-0.25, -0.2) is 9.18 Å². The Morgan fingerprint density at radius 1 is 1.03 bits per heavy atom. The Morgan fingerprint density at radius 2 is 1.75 bits per heavy atom. The smallest absolute Gasteiger partial charge is 0.342 e. The Labute approximate surface area is 185 Å². The summed E-state index contributed by atoms with van der Waals surface area (Å²) in [5, 5.41) is 10.1. The van der Waals surface area contributed by atoms with E-state index in [2.05, 4.69) is 15.7 Å². The Kier molecular flexibility index (Phi) is 6.49. The van der Waals surface area contributed by atoms with E-state index in [0.29, 0.717) is 23.2 Å². The molecular formula is C24H25FN4O3. The molecule has 166 valence electrons. The number of halogens is 1. The predicted octanol–water partition coefficient (Wildman–Crippen LogP) is 4.98. The molecule has 0 aliphatic heterocycles. The van der Waals surface area contributed by atoms with Crippen molar-refractivity contribution in [2.45, 2.75) is 44.6 Å². The van der Waals surface area contributed by atoms with Crippen LogP contribution in [0.3, 0.4) is 0 Å². The van der Waals surface area contributed by atoms with Crippen molar-refractivity contribution in [3.05, 3.63) is 72.2 Å². The Balaban J connectivity index is 1.28. The van der Waals surface area contributed by atoms with E-state index < -0.39 is 0 Å². The summed E-state index contributed by atoms with van der Waals surface area (Å²) in [7, 11) is 0. The number of nitrogens with one attached hydrogen (secondary N) is 2. The lowest BCUT2D eigenvalue weighted by Gasteiger charge is -2.29. The molecular weight excluding hydrogens is 411 g/mol. The third kappa shape index (κ3) is 5.32. The fourth-order valence-corrected chi connectivity index (χ4v) is 3.99. The lowest BCUT2D eigenvalue weighted by atomic mass is 9.82. The van der Waals surface area contributed by atoms with Crippen molar-refractivity contribution >= 4 is 23.5 Å². The van der Waals surface area contributed by atoms with Crippen molar-refractivity contribution in [3.63, 3.8) is 0 Å². The maximum Gasteiger partial charge on any atom is 0.342 e. The maximum absolute atomic E-state index is 13.8. The molecule has 1 aliphatic carbocycles. The molecule has 2 aromatic carbocycles. The molecule has 1 aliphatic rings. The lowest BCUT2D eigenvalue weighted by Crippen LogP contribution is -2.40. The van der Waals surface area contributed by atoms with Gasteiger partial charge >= 0.3 is 12.0 Å². The molecule has 3 aromatic rings. The molecule has 1 heterocycles. The van der Waals surface area contributed by atoms with Crippen molar-refractivity contribution in [2.75, 3.05) is 5.32 Å². The quantitative estimate of drug-likeness (QED) is 0.435. The number of anilines is 2. The first-order valence-electron chi connectivity index (χ1n) is 10.6. The molecule has 1 fully saturated rings. The fourth-order valence-electron chi connectivity index (χ4n) is 3.99. The molecule has 2 N–H and O–H groups in total. The maximum atomic E-state index is 13.8. The topological polar surface area (TPSA) is 85.2 Å². The minimum Gasteiger partial charge on any atom is -0.427 e.